The number of nitrogen functional groups attached to an aromatic ring is 1. The van der Waals surface area contributed by atoms with Gasteiger partial charge in [0.1, 0.15) is 0 Å². The summed E-state index contributed by atoms with van der Waals surface area (Å²) in [5, 5.41) is 3.21. The first-order chi connectivity index (χ1) is 9.28. The number of sulfonamides is 1. The van der Waals surface area contributed by atoms with Crippen LogP contribution in [-0.2, 0) is 10.0 Å². The summed E-state index contributed by atoms with van der Waals surface area (Å²) < 4.78 is 25.1. The number of hydrogen-bond acceptors (Lipinski definition) is 5. The second-order valence-electron chi connectivity index (χ2n) is 4.86. The normalized spacial score (nSPS) is 12.1. The molecule has 0 atom stereocenters. The number of hydrogen-bond donors (Lipinski definition) is 2. The fourth-order valence-corrected chi connectivity index (χ4v) is 2.55. The number of likely N-dealkylation sites (N-methyl/N-ethyl adjacent to an activating group) is 1. The monoisotopic (exact) mass is 300 g/mol. The summed E-state index contributed by atoms with van der Waals surface area (Å²) >= 11 is 0. The first-order valence-corrected chi connectivity index (χ1v) is 7.97. The molecule has 0 heterocycles. The molecule has 0 fully saturated rings. The second-order valence-corrected chi connectivity index (χ2v) is 7.01. The topological polar surface area (TPSA) is 78.7 Å². The maximum absolute atomic E-state index is 12.0. The van der Waals surface area contributed by atoms with Crippen LogP contribution >= 0.6 is 0 Å². The van der Waals surface area contributed by atoms with Gasteiger partial charge in [0.15, 0.2) is 0 Å². The Morgan fingerprint density at radius 1 is 1.25 bits per heavy atom. The lowest BCUT2D eigenvalue weighted by Crippen LogP contribution is -2.25. The van der Waals surface area contributed by atoms with Gasteiger partial charge in [-0.3, -0.25) is 0 Å². The van der Waals surface area contributed by atoms with Gasteiger partial charge in [-0.1, -0.05) is 6.92 Å². The zero-order valence-corrected chi connectivity index (χ0v) is 13.4. The molecule has 114 valence electrons. The van der Waals surface area contributed by atoms with Gasteiger partial charge in [0.25, 0.3) is 0 Å². The Balaban J connectivity index is 2.79. The minimum atomic E-state index is -3.44. The smallest absolute Gasteiger partial charge is 0.242 e. The minimum absolute atomic E-state index is 0.205. The van der Waals surface area contributed by atoms with Crippen LogP contribution in [0, 0.1) is 0 Å². The molecule has 0 spiro atoms. The molecule has 1 rings (SSSR count). The minimum Gasteiger partial charge on any atom is -0.397 e. The molecule has 0 radical (unpaired) electrons. The van der Waals surface area contributed by atoms with Gasteiger partial charge in [0, 0.05) is 27.2 Å². The van der Waals surface area contributed by atoms with E-state index in [0.29, 0.717) is 5.69 Å². The van der Waals surface area contributed by atoms with E-state index in [1.807, 2.05) is 7.05 Å². The Hall–Kier alpha value is -1.31. The van der Waals surface area contributed by atoms with E-state index < -0.39 is 10.0 Å². The molecule has 0 aliphatic carbocycles. The average molecular weight is 300 g/mol. The van der Waals surface area contributed by atoms with Gasteiger partial charge in [-0.15, -0.1) is 0 Å². The Bertz CT molecular complexity index is 543. The molecule has 1 aromatic carbocycles. The molecule has 0 saturated heterocycles. The first-order valence-electron chi connectivity index (χ1n) is 6.53. The molecule has 0 aliphatic rings. The molecule has 7 heteroatoms. The highest BCUT2D eigenvalue weighted by atomic mass is 32.2. The van der Waals surface area contributed by atoms with Crippen molar-refractivity contribution in [1.29, 1.82) is 0 Å². The fourth-order valence-electron chi connectivity index (χ4n) is 1.61. The highest BCUT2D eigenvalue weighted by Gasteiger charge is 2.17. The second kappa shape index (κ2) is 6.92. The Morgan fingerprint density at radius 3 is 2.40 bits per heavy atom. The molecule has 0 amide bonds. The number of nitrogens with zero attached hydrogens (tertiary/aromatic N) is 2. The van der Waals surface area contributed by atoms with Crippen LogP contribution in [0.2, 0.25) is 0 Å². The standard InChI is InChI=1S/C13H24N4O2S/c1-5-17(4)9-8-15-13-7-6-11(10-12(13)14)20(18,19)16(2)3/h6-7,10,15H,5,8-9,14H2,1-4H3. The van der Waals surface area contributed by atoms with Crippen LogP contribution in [-0.4, -0.2) is 58.4 Å². The van der Waals surface area contributed by atoms with Gasteiger partial charge in [-0.25, -0.2) is 12.7 Å². The lowest BCUT2D eigenvalue weighted by Gasteiger charge is -2.17. The van der Waals surface area contributed by atoms with Crippen LogP contribution in [0.5, 0.6) is 0 Å². The van der Waals surface area contributed by atoms with Gasteiger partial charge in [0.05, 0.1) is 16.3 Å². The largest absolute Gasteiger partial charge is 0.397 e. The Morgan fingerprint density at radius 2 is 1.90 bits per heavy atom. The van der Waals surface area contributed by atoms with E-state index in [1.54, 1.807) is 12.1 Å². The van der Waals surface area contributed by atoms with Crippen molar-refractivity contribution >= 4 is 21.4 Å². The summed E-state index contributed by atoms with van der Waals surface area (Å²) in [5.41, 5.74) is 7.10. The molecule has 3 N–H and O–H groups in total. The third-order valence-electron chi connectivity index (χ3n) is 3.15. The molecule has 0 unspecified atom stereocenters. The van der Waals surface area contributed by atoms with Crippen molar-refractivity contribution in [3.63, 3.8) is 0 Å². The van der Waals surface area contributed by atoms with Gasteiger partial charge >= 0.3 is 0 Å². The van der Waals surface area contributed by atoms with E-state index in [9.17, 15) is 8.42 Å². The maximum Gasteiger partial charge on any atom is 0.242 e. The van der Waals surface area contributed by atoms with E-state index in [2.05, 4.69) is 17.1 Å². The van der Waals surface area contributed by atoms with Crippen molar-refractivity contribution in [3.05, 3.63) is 18.2 Å². The third-order valence-corrected chi connectivity index (χ3v) is 4.96. The van der Waals surface area contributed by atoms with Crippen LogP contribution in [0.15, 0.2) is 23.1 Å². The molecule has 0 saturated carbocycles. The van der Waals surface area contributed by atoms with Crippen LogP contribution in [0.1, 0.15) is 6.92 Å². The van der Waals surface area contributed by atoms with Gasteiger partial charge in [0.2, 0.25) is 10.0 Å². The van der Waals surface area contributed by atoms with Crippen LogP contribution in [0.25, 0.3) is 0 Å². The van der Waals surface area contributed by atoms with Crippen molar-refractivity contribution in [2.45, 2.75) is 11.8 Å². The number of benzene rings is 1. The summed E-state index contributed by atoms with van der Waals surface area (Å²) in [4.78, 5) is 2.38. The maximum atomic E-state index is 12.0. The van der Waals surface area contributed by atoms with Crippen molar-refractivity contribution < 1.29 is 8.42 Å². The Labute approximate surface area is 121 Å². The number of nitrogens with one attached hydrogen (secondary N) is 1. The van der Waals surface area contributed by atoms with E-state index in [0.717, 1.165) is 25.3 Å². The van der Waals surface area contributed by atoms with Crippen molar-refractivity contribution in [2.24, 2.45) is 0 Å². The predicted molar refractivity (Wildman–Crippen MR) is 83.4 cm³/mol. The summed E-state index contributed by atoms with van der Waals surface area (Å²) in [6.45, 7) is 4.73. The van der Waals surface area contributed by atoms with E-state index in [1.165, 1.54) is 24.5 Å². The fraction of sp³-hybridized carbons (Fsp3) is 0.538. The molecule has 1 aromatic rings. The Kier molecular flexibility index (Phi) is 5.79. The van der Waals surface area contributed by atoms with E-state index >= 15 is 0 Å². The average Bonchev–Trinajstić information content (AvgIpc) is 2.39. The molecule has 0 aliphatic heterocycles. The number of rotatable bonds is 7. The molecule has 6 nitrogen and oxygen atoms in total. The van der Waals surface area contributed by atoms with Crippen LogP contribution < -0.4 is 11.1 Å². The van der Waals surface area contributed by atoms with Gasteiger partial charge in [-0.2, -0.15) is 0 Å². The summed E-state index contributed by atoms with van der Waals surface area (Å²) in [6.07, 6.45) is 0. The van der Waals surface area contributed by atoms with Crippen molar-refractivity contribution in [3.8, 4) is 0 Å². The zero-order chi connectivity index (χ0) is 15.3. The molecular weight excluding hydrogens is 276 g/mol. The summed E-state index contributed by atoms with van der Waals surface area (Å²) in [7, 11) is 1.60. The van der Waals surface area contributed by atoms with E-state index in [-0.39, 0.29) is 4.90 Å². The first kappa shape index (κ1) is 16.7. The van der Waals surface area contributed by atoms with Crippen molar-refractivity contribution in [2.75, 3.05) is 51.8 Å². The highest BCUT2D eigenvalue weighted by molar-refractivity contribution is 7.89. The van der Waals surface area contributed by atoms with E-state index in [4.69, 9.17) is 5.73 Å². The summed E-state index contributed by atoms with van der Waals surface area (Å²) in [6, 6.07) is 4.76. The van der Waals surface area contributed by atoms with Crippen molar-refractivity contribution in [1.82, 2.24) is 9.21 Å². The molecule has 0 bridgehead atoms. The van der Waals surface area contributed by atoms with Gasteiger partial charge < -0.3 is 16.0 Å². The third kappa shape index (κ3) is 4.09. The molecule has 0 aromatic heterocycles. The molecular formula is C13H24N4O2S. The SMILES string of the molecule is CCN(C)CCNc1ccc(S(=O)(=O)N(C)C)cc1N. The zero-order valence-electron chi connectivity index (χ0n) is 12.5. The molecule has 20 heavy (non-hydrogen) atoms. The predicted octanol–water partition coefficient (Wildman–Crippen LogP) is 0.883. The lowest BCUT2D eigenvalue weighted by molar-refractivity contribution is 0.367. The number of anilines is 2. The lowest BCUT2D eigenvalue weighted by atomic mass is 10.2. The quantitative estimate of drug-likeness (QED) is 0.731. The number of nitrogens with two attached hydrogens (primary N) is 1. The summed E-state index contributed by atoms with van der Waals surface area (Å²) in [5.74, 6) is 0. The van der Waals surface area contributed by atoms with Crippen LogP contribution in [0.3, 0.4) is 0 Å². The van der Waals surface area contributed by atoms with Gasteiger partial charge in [-0.05, 0) is 31.8 Å². The highest BCUT2D eigenvalue weighted by Crippen LogP contribution is 2.23. The van der Waals surface area contributed by atoms with Crippen LogP contribution in [0.4, 0.5) is 11.4 Å².